The average molecular weight is 312 g/mol. The molecular weight excluding hydrogens is 292 g/mol. The number of amides is 1. The van der Waals surface area contributed by atoms with Gasteiger partial charge in [-0.1, -0.05) is 30.3 Å². The number of anilines is 1. The van der Waals surface area contributed by atoms with Crippen LogP contribution in [0.15, 0.2) is 42.5 Å². The van der Waals surface area contributed by atoms with Gasteiger partial charge in [0.1, 0.15) is 0 Å². The van der Waals surface area contributed by atoms with Crippen molar-refractivity contribution in [3.8, 4) is 11.5 Å². The quantitative estimate of drug-likeness (QED) is 0.687. The zero-order valence-corrected chi connectivity index (χ0v) is 12.8. The third-order valence-electron chi connectivity index (χ3n) is 3.78. The van der Waals surface area contributed by atoms with Gasteiger partial charge in [0.05, 0.1) is 13.0 Å². The maximum Gasteiger partial charge on any atom is 0.229 e. The summed E-state index contributed by atoms with van der Waals surface area (Å²) in [5, 5.41) is 16.2. The fourth-order valence-corrected chi connectivity index (χ4v) is 2.59. The van der Waals surface area contributed by atoms with Crippen LogP contribution in [-0.2, 0) is 17.8 Å². The van der Waals surface area contributed by atoms with Crippen LogP contribution in [0.4, 0.5) is 5.69 Å². The molecule has 1 aliphatic rings. The summed E-state index contributed by atoms with van der Waals surface area (Å²) < 4.78 is 5.62. The average Bonchev–Trinajstić information content (AvgIpc) is 2.95. The Morgan fingerprint density at radius 2 is 2.00 bits per heavy atom. The summed E-state index contributed by atoms with van der Waals surface area (Å²) in [6, 6.07) is 13.7. The maximum absolute atomic E-state index is 11.3. The van der Waals surface area contributed by atoms with Crippen LogP contribution < -0.4 is 15.4 Å². The summed E-state index contributed by atoms with van der Waals surface area (Å²) in [6.45, 7) is 2.18. The summed E-state index contributed by atoms with van der Waals surface area (Å²) in [7, 11) is 0. The van der Waals surface area contributed by atoms with Gasteiger partial charge in [0.15, 0.2) is 11.5 Å². The minimum Gasteiger partial charge on any atom is -0.504 e. The number of carbonyl (C=O) groups excluding carboxylic acids is 1. The van der Waals surface area contributed by atoms with E-state index in [0.717, 1.165) is 19.5 Å². The van der Waals surface area contributed by atoms with E-state index in [1.165, 1.54) is 5.56 Å². The predicted octanol–water partition coefficient (Wildman–Crippen LogP) is 2.45. The number of phenols is 1. The van der Waals surface area contributed by atoms with Gasteiger partial charge in [-0.05, 0) is 30.7 Å². The van der Waals surface area contributed by atoms with Gasteiger partial charge in [0.2, 0.25) is 5.91 Å². The van der Waals surface area contributed by atoms with Gasteiger partial charge in [-0.15, -0.1) is 0 Å². The highest BCUT2D eigenvalue weighted by atomic mass is 16.5. The Hall–Kier alpha value is -2.53. The summed E-state index contributed by atoms with van der Waals surface area (Å²) >= 11 is 0. The normalized spacial score (nSPS) is 12.8. The second kappa shape index (κ2) is 7.15. The predicted molar refractivity (Wildman–Crippen MR) is 88.7 cm³/mol. The van der Waals surface area contributed by atoms with Crippen LogP contribution in [0.1, 0.15) is 17.5 Å². The molecule has 0 spiro atoms. The van der Waals surface area contributed by atoms with Gasteiger partial charge in [-0.3, -0.25) is 4.79 Å². The molecule has 0 saturated heterocycles. The SMILES string of the molecule is O=C1Cc2c(ccc(OCCCNCc3ccccc3)c2O)N1. The van der Waals surface area contributed by atoms with E-state index in [9.17, 15) is 9.90 Å². The molecule has 0 aromatic heterocycles. The fraction of sp³-hybridized carbons (Fsp3) is 0.278. The van der Waals surface area contributed by atoms with Crippen molar-refractivity contribution >= 4 is 11.6 Å². The van der Waals surface area contributed by atoms with Crippen LogP contribution in [-0.4, -0.2) is 24.2 Å². The van der Waals surface area contributed by atoms with Crippen molar-refractivity contribution in [2.45, 2.75) is 19.4 Å². The Kier molecular flexibility index (Phi) is 4.78. The molecule has 5 nitrogen and oxygen atoms in total. The van der Waals surface area contributed by atoms with Crippen molar-refractivity contribution in [3.05, 3.63) is 53.6 Å². The number of ether oxygens (including phenoxy) is 1. The molecule has 1 aliphatic heterocycles. The lowest BCUT2D eigenvalue weighted by molar-refractivity contribution is -0.115. The van der Waals surface area contributed by atoms with E-state index in [4.69, 9.17) is 4.74 Å². The lowest BCUT2D eigenvalue weighted by atomic mass is 10.1. The molecule has 2 aromatic carbocycles. The van der Waals surface area contributed by atoms with E-state index in [1.54, 1.807) is 12.1 Å². The molecule has 23 heavy (non-hydrogen) atoms. The highest BCUT2D eigenvalue weighted by Gasteiger charge is 2.23. The zero-order chi connectivity index (χ0) is 16.1. The molecule has 0 radical (unpaired) electrons. The van der Waals surface area contributed by atoms with E-state index in [0.29, 0.717) is 23.6 Å². The minimum atomic E-state index is -0.0995. The number of carbonyl (C=O) groups is 1. The number of rotatable bonds is 7. The van der Waals surface area contributed by atoms with Crippen molar-refractivity contribution < 1.29 is 14.6 Å². The number of nitrogens with one attached hydrogen (secondary N) is 2. The van der Waals surface area contributed by atoms with Crippen molar-refractivity contribution in [3.63, 3.8) is 0 Å². The standard InChI is InChI=1S/C18H20N2O3/c21-17-11-14-15(20-17)7-8-16(18(14)22)23-10-4-9-19-12-13-5-2-1-3-6-13/h1-3,5-8,19,22H,4,9-12H2,(H,20,21). The summed E-state index contributed by atoms with van der Waals surface area (Å²) in [5.74, 6) is 0.402. The van der Waals surface area contributed by atoms with E-state index >= 15 is 0 Å². The second-order valence-corrected chi connectivity index (χ2v) is 5.53. The summed E-state index contributed by atoms with van der Waals surface area (Å²) in [6.07, 6.45) is 1.04. The molecule has 2 aromatic rings. The van der Waals surface area contributed by atoms with Crippen LogP contribution >= 0.6 is 0 Å². The Labute approximate surface area is 135 Å². The molecule has 120 valence electrons. The Morgan fingerprint density at radius 1 is 1.17 bits per heavy atom. The fourth-order valence-electron chi connectivity index (χ4n) is 2.59. The summed E-state index contributed by atoms with van der Waals surface area (Å²) in [5.41, 5.74) is 2.54. The van der Waals surface area contributed by atoms with Gasteiger partial charge >= 0.3 is 0 Å². The number of hydrogen-bond acceptors (Lipinski definition) is 4. The third kappa shape index (κ3) is 3.81. The summed E-state index contributed by atoms with van der Waals surface area (Å²) in [4.78, 5) is 11.3. The smallest absolute Gasteiger partial charge is 0.229 e. The Morgan fingerprint density at radius 3 is 2.83 bits per heavy atom. The number of fused-ring (bicyclic) bond motifs is 1. The highest BCUT2D eigenvalue weighted by Crippen LogP contribution is 2.38. The van der Waals surface area contributed by atoms with Gasteiger partial charge < -0.3 is 20.5 Å². The topological polar surface area (TPSA) is 70.6 Å². The number of phenolic OH excluding ortho intramolecular Hbond substituents is 1. The van der Waals surface area contributed by atoms with E-state index in [-0.39, 0.29) is 18.1 Å². The molecule has 3 N–H and O–H groups in total. The molecule has 3 rings (SSSR count). The van der Waals surface area contributed by atoms with Crippen molar-refractivity contribution in [1.29, 1.82) is 0 Å². The van der Waals surface area contributed by atoms with Gasteiger partial charge in [0, 0.05) is 17.8 Å². The first-order valence-corrected chi connectivity index (χ1v) is 7.76. The molecule has 0 fully saturated rings. The molecule has 0 saturated carbocycles. The van der Waals surface area contributed by atoms with Crippen LogP contribution in [0.5, 0.6) is 11.5 Å². The highest BCUT2D eigenvalue weighted by molar-refractivity contribution is 6.00. The largest absolute Gasteiger partial charge is 0.504 e. The Balaban J connectivity index is 1.41. The van der Waals surface area contributed by atoms with Crippen molar-refractivity contribution in [1.82, 2.24) is 5.32 Å². The van der Waals surface area contributed by atoms with E-state index in [2.05, 4.69) is 22.8 Å². The number of benzene rings is 2. The van der Waals surface area contributed by atoms with Gasteiger partial charge in [-0.2, -0.15) is 0 Å². The van der Waals surface area contributed by atoms with E-state index < -0.39 is 0 Å². The molecule has 1 heterocycles. The zero-order valence-electron chi connectivity index (χ0n) is 12.8. The monoisotopic (exact) mass is 312 g/mol. The Bertz CT molecular complexity index is 686. The van der Waals surface area contributed by atoms with Crippen LogP contribution in [0.3, 0.4) is 0 Å². The minimum absolute atomic E-state index is 0.0677. The van der Waals surface area contributed by atoms with Crippen molar-refractivity contribution in [2.24, 2.45) is 0 Å². The number of aromatic hydroxyl groups is 1. The molecule has 0 unspecified atom stereocenters. The molecule has 5 heteroatoms. The molecule has 0 aliphatic carbocycles. The lowest BCUT2D eigenvalue weighted by Crippen LogP contribution is -2.17. The maximum atomic E-state index is 11.3. The van der Waals surface area contributed by atoms with Crippen LogP contribution in [0.2, 0.25) is 0 Å². The first-order chi connectivity index (χ1) is 11.2. The third-order valence-corrected chi connectivity index (χ3v) is 3.78. The van der Waals surface area contributed by atoms with Crippen LogP contribution in [0.25, 0.3) is 0 Å². The lowest BCUT2D eigenvalue weighted by Gasteiger charge is -2.11. The van der Waals surface area contributed by atoms with Gasteiger partial charge in [0.25, 0.3) is 0 Å². The molecule has 1 amide bonds. The van der Waals surface area contributed by atoms with E-state index in [1.807, 2.05) is 18.2 Å². The molecule has 0 bridgehead atoms. The first kappa shape index (κ1) is 15.4. The second-order valence-electron chi connectivity index (χ2n) is 5.53. The number of hydrogen-bond donors (Lipinski definition) is 3. The molecule has 0 atom stereocenters. The first-order valence-electron chi connectivity index (χ1n) is 7.76. The van der Waals surface area contributed by atoms with Crippen molar-refractivity contribution in [2.75, 3.05) is 18.5 Å². The van der Waals surface area contributed by atoms with Gasteiger partial charge in [-0.25, -0.2) is 0 Å². The molecular formula is C18H20N2O3. The van der Waals surface area contributed by atoms with Crippen LogP contribution in [0, 0.1) is 0 Å².